The molecule has 0 saturated carbocycles. The molecule has 0 radical (unpaired) electrons. The average molecular weight is 261 g/mol. The maximum Gasteiger partial charge on any atom is 0.0369 e. The molecule has 0 aliphatic carbocycles. The standard InChI is InChI=1S/C16H27N3/c1-4-18-7-9-19(10-8-18)16-6-5-15(12-14(3)17)13(2)11-16/h5-6,11,14H,4,7-10,12,17H2,1-3H3. The molecular formula is C16H27N3. The summed E-state index contributed by atoms with van der Waals surface area (Å²) in [5.74, 6) is 0. The molecule has 1 saturated heterocycles. The van der Waals surface area contributed by atoms with Crippen LogP contribution in [0.4, 0.5) is 5.69 Å². The Hall–Kier alpha value is -1.06. The molecule has 0 aromatic heterocycles. The fourth-order valence-corrected chi connectivity index (χ4v) is 2.77. The lowest BCUT2D eigenvalue weighted by atomic mass is 10.0. The Labute approximate surface area is 117 Å². The van der Waals surface area contributed by atoms with Crippen LogP contribution in [0, 0.1) is 6.92 Å². The summed E-state index contributed by atoms with van der Waals surface area (Å²) in [5, 5.41) is 0. The largest absolute Gasteiger partial charge is 0.369 e. The summed E-state index contributed by atoms with van der Waals surface area (Å²) >= 11 is 0. The zero-order valence-electron chi connectivity index (χ0n) is 12.5. The van der Waals surface area contributed by atoms with E-state index in [9.17, 15) is 0 Å². The second-order valence-corrected chi connectivity index (χ2v) is 5.71. The number of likely N-dealkylation sites (N-methyl/N-ethyl adjacent to an activating group) is 1. The first-order valence-corrected chi connectivity index (χ1v) is 7.42. The molecule has 1 fully saturated rings. The van der Waals surface area contributed by atoms with E-state index in [2.05, 4.69) is 48.8 Å². The van der Waals surface area contributed by atoms with Crippen molar-refractivity contribution in [2.24, 2.45) is 5.73 Å². The third-order valence-electron chi connectivity index (χ3n) is 4.05. The highest BCUT2D eigenvalue weighted by Crippen LogP contribution is 2.21. The summed E-state index contributed by atoms with van der Waals surface area (Å²) in [6.45, 7) is 12.3. The van der Waals surface area contributed by atoms with Gasteiger partial charge in [0.25, 0.3) is 0 Å². The first-order chi connectivity index (χ1) is 9.10. The highest BCUT2D eigenvalue weighted by Gasteiger charge is 2.16. The highest BCUT2D eigenvalue weighted by molar-refractivity contribution is 5.51. The van der Waals surface area contributed by atoms with Crippen LogP contribution in [0.5, 0.6) is 0 Å². The quantitative estimate of drug-likeness (QED) is 0.900. The van der Waals surface area contributed by atoms with Gasteiger partial charge in [-0.25, -0.2) is 0 Å². The van der Waals surface area contributed by atoms with Gasteiger partial charge in [-0.1, -0.05) is 13.0 Å². The van der Waals surface area contributed by atoms with Gasteiger partial charge < -0.3 is 15.5 Å². The maximum atomic E-state index is 5.89. The van der Waals surface area contributed by atoms with Crippen LogP contribution in [0.25, 0.3) is 0 Å². The molecule has 0 bridgehead atoms. The number of nitrogens with two attached hydrogens (primary N) is 1. The molecule has 1 heterocycles. The zero-order chi connectivity index (χ0) is 13.8. The molecule has 106 valence electrons. The van der Waals surface area contributed by atoms with Gasteiger partial charge in [-0.3, -0.25) is 0 Å². The Morgan fingerprint density at radius 3 is 2.42 bits per heavy atom. The molecule has 2 rings (SSSR count). The van der Waals surface area contributed by atoms with Crippen LogP contribution >= 0.6 is 0 Å². The van der Waals surface area contributed by atoms with Crippen LogP contribution in [-0.2, 0) is 6.42 Å². The number of piperazine rings is 1. The Bertz CT molecular complexity index is 406. The predicted octanol–water partition coefficient (Wildman–Crippen LogP) is 2.03. The smallest absolute Gasteiger partial charge is 0.0369 e. The van der Waals surface area contributed by atoms with Crippen molar-refractivity contribution in [3.8, 4) is 0 Å². The van der Waals surface area contributed by atoms with Crippen molar-refractivity contribution in [1.82, 2.24) is 4.90 Å². The van der Waals surface area contributed by atoms with Crippen LogP contribution in [0.1, 0.15) is 25.0 Å². The van der Waals surface area contributed by atoms with Gasteiger partial charge in [0.2, 0.25) is 0 Å². The van der Waals surface area contributed by atoms with E-state index < -0.39 is 0 Å². The van der Waals surface area contributed by atoms with Gasteiger partial charge in [0.1, 0.15) is 0 Å². The van der Waals surface area contributed by atoms with Crippen molar-refractivity contribution in [3.63, 3.8) is 0 Å². The van der Waals surface area contributed by atoms with E-state index in [-0.39, 0.29) is 6.04 Å². The molecule has 19 heavy (non-hydrogen) atoms. The molecule has 1 atom stereocenters. The number of nitrogens with zero attached hydrogens (tertiary/aromatic N) is 2. The summed E-state index contributed by atoms with van der Waals surface area (Å²) in [5.41, 5.74) is 10.0. The minimum absolute atomic E-state index is 0.234. The normalized spacial score (nSPS) is 18.6. The Balaban J connectivity index is 2.04. The van der Waals surface area contributed by atoms with E-state index in [0.29, 0.717) is 0 Å². The number of hydrogen-bond acceptors (Lipinski definition) is 3. The van der Waals surface area contributed by atoms with E-state index >= 15 is 0 Å². The van der Waals surface area contributed by atoms with Crippen LogP contribution in [0.15, 0.2) is 18.2 Å². The van der Waals surface area contributed by atoms with Gasteiger partial charge in [0, 0.05) is 37.9 Å². The second-order valence-electron chi connectivity index (χ2n) is 5.71. The van der Waals surface area contributed by atoms with Crippen molar-refractivity contribution < 1.29 is 0 Å². The molecule has 2 N–H and O–H groups in total. The number of benzene rings is 1. The van der Waals surface area contributed by atoms with Crippen molar-refractivity contribution >= 4 is 5.69 Å². The molecular weight excluding hydrogens is 234 g/mol. The molecule has 1 unspecified atom stereocenters. The summed E-state index contributed by atoms with van der Waals surface area (Å²) in [4.78, 5) is 5.00. The van der Waals surface area contributed by atoms with Crippen LogP contribution in [-0.4, -0.2) is 43.7 Å². The lowest BCUT2D eigenvalue weighted by Crippen LogP contribution is -2.46. The van der Waals surface area contributed by atoms with Crippen LogP contribution in [0.2, 0.25) is 0 Å². The fraction of sp³-hybridized carbons (Fsp3) is 0.625. The van der Waals surface area contributed by atoms with Crippen molar-refractivity contribution in [3.05, 3.63) is 29.3 Å². The minimum Gasteiger partial charge on any atom is -0.369 e. The van der Waals surface area contributed by atoms with Crippen molar-refractivity contribution in [2.75, 3.05) is 37.6 Å². The number of anilines is 1. The lowest BCUT2D eigenvalue weighted by molar-refractivity contribution is 0.271. The monoisotopic (exact) mass is 261 g/mol. The molecule has 1 aliphatic rings. The average Bonchev–Trinajstić information content (AvgIpc) is 2.41. The van der Waals surface area contributed by atoms with E-state index in [1.807, 2.05) is 0 Å². The Kier molecular flexibility index (Phi) is 4.83. The third-order valence-corrected chi connectivity index (χ3v) is 4.05. The summed E-state index contributed by atoms with van der Waals surface area (Å²) in [6, 6.07) is 7.06. The summed E-state index contributed by atoms with van der Waals surface area (Å²) in [7, 11) is 0. The van der Waals surface area contributed by atoms with Gasteiger partial charge in [-0.2, -0.15) is 0 Å². The SMILES string of the molecule is CCN1CCN(c2ccc(CC(C)N)c(C)c2)CC1. The number of rotatable bonds is 4. The number of aryl methyl sites for hydroxylation is 1. The van der Waals surface area contributed by atoms with E-state index in [4.69, 9.17) is 5.73 Å². The second kappa shape index (κ2) is 6.40. The summed E-state index contributed by atoms with van der Waals surface area (Å²) in [6.07, 6.45) is 0.968. The van der Waals surface area contributed by atoms with Gasteiger partial charge in [0.15, 0.2) is 0 Å². The van der Waals surface area contributed by atoms with E-state index in [1.54, 1.807) is 0 Å². The minimum atomic E-state index is 0.234. The fourth-order valence-electron chi connectivity index (χ4n) is 2.77. The highest BCUT2D eigenvalue weighted by atomic mass is 15.3. The van der Waals surface area contributed by atoms with Crippen molar-refractivity contribution in [1.29, 1.82) is 0 Å². The van der Waals surface area contributed by atoms with E-state index in [1.165, 1.54) is 36.4 Å². The molecule has 0 amide bonds. The van der Waals surface area contributed by atoms with Crippen LogP contribution < -0.4 is 10.6 Å². The predicted molar refractivity (Wildman–Crippen MR) is 82.9 cm³/mol. The summed E-state index contributed by atoms with van der Waals surface area (Å²) < 4.78 is 0. The third kappa shape index (κ3) is 3.71. The van der Waals surface area contributed by atoms with E-state index in [0.717, 1.165) is 19.5 Å². The lowest BCUT2D eigenvalue weighted by Gasteiger charge is -2.35. The molecule has 1 aromatic carbocycles. The zero-order valence-corrected chi connectivity index (χ0v) is 12.5. The Morgan fingerprint density at radius 2 is 1.89 bits per heavy atom. The van der Waals surface area contributed by atoms with Gasteiger partial charge in [-0.15, -0.1) is 0 Å². The first-order valence-electron chi connectivity index (χ1n) is 7.42. The first kappa shape index (κ1) is 14.4. The topological polar surface area (TPSA) is 32.5 Å². The van der Waals surface area contributed by atoms with Crippen molar-refractivity contribution in [2.45, 2.75) is 33.2 Å². The molecule has 3 heteroatoms. The maximum absolute atomic E-state index is 5.89. The number of hydrogen-bond donors (Lipinski definition) is 1. The molecule has 1 aliphatic heterocycles. The van der Waals surface area contributed by atoms with Gasteiger partial charge in [-0.05, 0) is 50.1 Å². The molecule has 0 spiro atoms. The Morgan fingerprint density at radius 1 is 1.21 bits per heavy atom. The molecule has 3 nitrogen and oxygen atoms in total. The van der Waals surface area contributed by atoms with Gasteiger partial charge >= 0.3 is 0 Å². The van der Waals surface area contributed by atoms with Gasteiger partial charge in [0.05, 0.1) is 0 Å². The van der Waals surface area contributed by atoms with Crippen LogP contribution in [0.3, 0.4) is 0 Å². The molecule has 1 aromatic rings.